The van der Waals surface area contributed by atoms with Crippen LogP contribution >= 0.6 is 23.2 Å². The SMILES string of the molecule is CN1C[C@@H]2C[C@H](N(C)Cc3c(Cl)cncc3Cl)C[C@@H]2CC1=O. The minimum Gasteiger partial charge on any atom is -0.345 e. The Morgan fingerprint density at radius 2 is 1.91 bits per heavy atom. The Kier molecular flexibility index (Phi) is 4.62. The van der Waals surface area contributed by atoms with E-state index < -0.39 is 0 Å². The number of nitrogens with zero attached hydrogens (tertiary/aromatic N) is 3. The van der Waals surface area contributed by atoms with Crippen LogP contribution in [-0.4, -0.2) is 47.4 Å². The van der Waals surface area contributed by atoms with Crippen LogP contribution in [0.15, 0.2) is 12.4 Å². The van der Waals surface area contributed by atoms with Crippen molar-refractivity contribution in [2.45, 2.75) is 31.8 Å². The molecule has 2 aliphatic rings. The molecular formula is C16H21Cl2N3O. The van der Waals surface area contributed by atoms with Gasteiger partial charge in [-0.2, -0.15) is 0 Å². The van der Waals surface area contributed by atoms with Crippen LogP contribution in [0, 0.1) is 11.8 Å². The highest BCUT2D eigenvalue weighted by molar-refractivity contribution is 6.35. The van der Waals surface area contributed by atoms with E-state index >= 15 is 0 Å². The van der Waals surface area contributed by atoms with Crippen LogP contribution in [0.25, 0.3) is 0 Å². The van der Waals surface area contributed by atoms with Gasteiger partial charge in [-0.25, -0.2) is 0 Å². The first kappa shape index (κ1) is 16.0. The lowest BCUT2D eigenvalue weighted by Gasteiger charge is -2.31. The van der Waals surface area contributed by atoms with Crippen LogP contribution in [0.1, 0.15) is 24.8 Å². The van der Waals surface area contributed by atoms with Crippen LogP contribution in [0.5, 0.6) is 0 Å². The Morgan fingerprint density at radius 3 is 2.59 bits per heavy atom. The highest BCUT2D eigenvalue weighted by atomic mass is 35.5. The first-order chi connectivity index (χ1) is 10.5. The van der Waals surface area contributed by atoms with Gasteiger partial charge in [0.15, 0.2) is 0 Å². The molecular weight excluding hydrogens is 321 g/mol. The summed E-state index contributed by atoms with van der Waals surface area (Å²) in [6.07, 6.45) is 6.19. The number of pyridine rings is 1. The Bertz CT molecular complexity index is 560. The summed E-state index contributed by atoms with van der Waals surface area (Å²) in [6, 6.07) is 0.481. The fourth-order valence-corrected chi connectivity index (χ4v) is 4.30. The number of piperidine rings is 1. The van der Waals surface area contributed by atoms with Gasteiger partial charge in [-0.15, -0.1) is 0 Å². The van der Waals surface area contributed by atoms with Crippen LogP contribution < -0.4 is 0 Å². The fourth-order valence-electron chi connectivity index (χ4n) is 3.81. The van der Waals surface area contributed by atoms with Gasteiger partial charge in [0, 0.05) is 50.6 Å². The highest BCUT2D eigenvalue weighted by Crippen LogP contribution is 2.40. The lowest BCUT2D eigenvalue weighted by atomic mass is 9.88. The number of carbonyl (C=O) groups excluding carboxylic acids is 1. The van der Waals surface area contributed by atoms with Gasteiger partial charge in [0.25, 0.3) is 0 Å². The van der Waals surface area contributed by atoms with Crippen LogP contribution in [0.2, 0.25) is 10.0 Å². The average molecular weight is 342 g/mol. The quantitative estimate of drug-likeness (QED) is 0.847. The predicted octanol–water partition coefficient (Wildman–Crippen LogP) is 3.08. The summed E-state index contributed by atoms with van der Waals surface area (Å²) >= 11 is 12.4. The molecule has 4 nitrogen and oxygen atoms in total. The van der Waals surface area contributed by atoms with Crippen LogP contribution in [0.3, 0.4) is 0 Å². The second-order valence-corrected chi connectivity index (χ2v) is 7.43. The second kappa shape index (κ2) is 6.34. The normalized spacial score (nSPS) is 28.3. The zero-order valence-corrected chi connectivity index (χ0v) is 14.4. The second-order valence-electron chi connectivity index (χ2n) is 6.62. The number of halogens is 2. The van der Waals surface area contributed by atoms with Gasteiger partial charge in [0.05, 0.1) is 10.0 Å². The zero-order chi connectivity index (χ0) is 15.9. The minimum atomic E-state index is 0.282. The summed E-state index contributed by atoms with van der Waals surface area (Å²) in [5.41, 5.74) is 0.934. The first-order valence-electron chi connectivity index (χ1n) is 7.67. The molecule has 0 unspecified atom stereocenters. The molecule has 2 fully saturated rings. The monoisotopic (exact) mass is 341 g/mol. The number of likely N-dealkylation sites (tertiary alicyclic amines) is 1. The van der Waals surface area contributed by atoms with Crippen molar-refractivity contribution >= 4 is 29.1 Å². The van der Waals surface area contributed by atoms with Gasteiger partial charge in [0.2, 0.25) is 5.91 Å². The molecule has 1 aromatic heterocycles. The number of fused-ring (bicyclic) bond motifs is 1. The van der Waals surface area contributed by atoms with E-state index in [1.54, 1.807) is 12.4 Å². The lowest BCUT2D eigenvalue weighted by Crippen LogP contribution is -2.39. The van der Waals surface area contributed by atoms with E-state index in [0.717, 1.165) is 24.9 Å². The summed E-state index contributed by atoms with van der Waals surface area (Å²) in [5.74, 6) is 1.43. The van der Waals surface area contributed by atoms with Gasteiger partial charge in [-0.05, 0) is 31.7 Å². The lowest BCUT2D eigenvalue weighted by molar-refractivity contribution is -0.134. The molecule has 0 aromatic carbocycles. The van der Waals surface area contributed by atoms with Crippen molar-refractivity contribution in [1.82, 2.24) is 14.8 Å². The molecule has 0 N–H and O–H groups in total. The van der Waals surface area contributed by atoms with Crippen LogP contribution in [-0.2, 0) is 11.3 Å². The Balaban J connectivity index is 1.67. The molecule has 1 aliphatic heterocycles. The Labute approximate surface area is 141 Å². The molecule has 6 heteroatoms. The number of hydrogen-bond acceptors (Lipinski definition) is 3. The smallest absolute Gasteiger partial charge is 0.222 e. The summed E-state index contributed by atoms with van der Waals surface area (Å²) in [6.45, 7) is 1.61. The molecule has 1 saturated carbocycles. The molecule has 120 valence electrons. The number of hydrogen-bond donors (Lipinski definition) is 0. The molecule has 0 spiro atoms. The van der Waals surface area contributed by atoms with E-state index in [1.807, 2.05) is 11.9 Å². The summed E-state index contributed by atoms with van der Waals surface area (Å²) in [4.78, 5) is 20.1. The maximum absolute atomic E-state index is 11.9. The van der Waals surface area contributed by atoms with Crippen LogP contribution in [0.4, 0.5) is 0 Å². The van der Waals surface area contributed by atoms with Crippen molar-refractivity contribution in [2.75, 3.05) is 20.6 Å². The topological polar surface area (TPSA) is 36.4 Å². The van der Waals surface area contributed by atoms with Crippen molar-refractivity contribution in [1.29, 1.82) is 0 Å². The van der Waals surface area contributed by atoms with Crippen molar-refractivity contribution < 1.29 is 4.79 Å². The number of aromatic nitrogens is 1. The average Bonchev–Trinajstić information content (AvgIpc) is 2.86. The van der Waals surface area contributed by atoms with E-state index in [9.17, 15) is 4.79 Å². The van der Waals surface area contributed by atoms with Crippen molar-refractivity contribution in [3.8, 4) is 0 Å². The van der Waals surface area contributed by atoms with E-state index in [4.69, 9.17) is 23.2 Å². The standard InChI is InChI=1S/C16H21Cl2N3O/c1-20(9-13-14(17)6-19-7-15(13)18)12-3-10-5-16(22)21(2)8-11(10)4-12/h6-7,10-12H,3-5,8-9H2,1-2H3/t10-,11+,12-/m1/s1. The molecule has 1 amide bonds. The van der Waals surface area contributed by atoms with Crippen molar-refractivity contribution in [3.63, 3.8) is 0 Å². The van der Waals surface area contributed by atoms with E-state index in [1.165, 1.54) is 0 Å². The third-order valence-corrected chi connectivity index (χ3v) is 5.82. The molecule has 0 bridgehead atoms. The van der Waals surface area contributed by atoms with E-state index in [2.05, 4.69) is 16.9 Å². The maximum atomic E-state index is 11.9. The molecule has 1 aromatic rings. The third-order valence-electron chi connectivity index (χ3n) is 5.17. The molecule has 3 atom stereocenters. The maximum Gasteiger partial charge on any atom is 0.222 e. The Hall–Kier alpha value is -0.840. The van der Waals surface area contributed by atoms with Gasteiger partial charge in [0.1, 0.15) is 0 Å². The van der Waals surface area contributed by atoms with Gasteiger partial charge < -0.3 is 4.90 Å². The number of rotatable bonds is 3. The van der Waals surface area contributed by atoms with Gasteiger partial charge >= 0.3 is 0 Å². The largest absolute Gasteiger partial charge is 0.345 e. The molecule has 1 aliphatic carbocycles. The Morgan fingerprint density at radius 1 is 1.27 bits per heavy atom. The molecule has 22 heavy (non-hydrogen) atoms. The third kappa shape index (κ3) is 3.10. The predicted molar refractivity (Wildman–Crippen MR) is 88.0 cm³/mol. The van der Waals surface area contributed by atoms with Gasteiger partial charge in [-0.1, -0.05) is 23.2 Å². The van der Waals surface area contributed by atoms with E-state index in [-0.39, 0.29) is 5.91 Å². The van der Waals surface area contributed by atoms with Crippen molar-refractivity contribution in [3.05, 3.63) is 28.0 Å². The number of amides is 1. The summed E-state index contributed by atoms with van der Waals surface area (Å²) in [7, 11) is 4.02. The van der Waals surface area contributed by atoms with E-state index in [0.29, 0.717) is 40.9 Å². The minimum absolute atomic E-state index is 0.282. The molecule has 3 rings (SSSR count). The fraction of sp³-hybridized carbons (Fsp3) is 0.625. The molecule has 0 radical (unpaired) electrons. The first-order valence-corrected chi connectivity index (χ1v) is 8.43. The van der Waals surface area contributed by atoms with Crippen molar-refractivity contribution in [2.24, 2.45) is 11.8 Å². The summed E-state index contributed by atoms with van der Waals surface area (Å²) < 4.78 is 0. The molecule has 1 saturated heterocycles. The van der Waals surface area contributed by atoms with Gasteiger partial charge in [-0.3, -0.25) is 14.7 Å². The molecule has 2 heterocycles. The summed E-state index contributed by atoms with van der Waals surface area (Å²) in [5, 5.41) is 1.23. The zero-order valence-electron chi connectivity index (χ0n) is 12.9. The number of carbonyl (C=O) groups is 1. The highest BCUT2D eigenvalue weighted by Gasteiger charge is 2.41.